The number of nitrogens with zero attached hydrogens (tertiary/aromatic N) is 2. The SMILES string of the molecule is CC(C)(C)c1ccc(Oc2nccnc2CC[Si](C)(C)C)cc1. The predicted molar refractivity (Wildman–Crippen MR) is 99.1 cm³/mol. The van der Waals surface area contributed by atoms with Gasteiger partial charge < -0.3 is 4.74 Å². The van der Waals surface area contributed by atoms with Gasteiger partial charge in [0.05, 0.1) is 0 Å². The Morgan fingerprint density at radius 3 is 2.13 bits per heavy atom. The molecule has 1 aromatic heterocycles. The number of rotatable bonds is 5. The van der Waals surface area contributed by atoms with Crippen LogP contribution in [-0.4, -0.2) is 18.0 Å². The van der Waals surface area contributed by atoms with E-state index in [0.29, 0.717) is 5.88 Å². The summed E-state index contributed by atoms with van der Waals surface area (Å²) in [5.74, 6) is 1.45. The molecular formula is C19H28N2OSi. The molecule has 0 saturated carbocycles. The Balaban J connectivity index is 2.14. The van der Waals surface area contributed by atoms with Crippen molar-refractivity contribution in [3.05, 3.63) is 47.9 Å². The molecule has 4 heteroatoms. The first-order valence-electron chi connectivity index (χ1n) is 8.23. The summed E-state index contributed by atoms with van der Waals surface area (Å²) in [7, 11) is -1.11. The molecule has 0 aliphatic heterocycles. The van der Waals surface area contributed by atoms with Crippen LogP contribution in [0.5, 0.6) is 11.6 Å². The molecule has 0 bridgehead atoms. The number of hydrogen-bond donors (Lipinski definition) is 0. The maximum absolute atomic E-state index is 5.98. The summed E-state index contributed by atoms with van der Waals surface area (Å²) in [6.45, 7) is 13.7. The lowest BCUT2D eigenvalue weighted by atomic mass is 9.87. The highest BCUT2D eigenvalue weighted by molar-refractivity contribution is 6.76. The normalized spacial score (nSPS) is 12.3. The Labute approximate surface area is 141 Å². The molecule has 0 unspecified atom stereocenters. The summed E-state index contributed by atoms with van der Waals surface area (Å²) in [4.78, 5) is 8.85. The quantitative estimate of drug-likeness (QED) is 0.685. The third-order valence-electron chi connectivity index (χ3n) is 3.78. The first-order valence-corrected chi connectivity index (χ1v) is 11.9. The van der Waals surface area contributed by atoms with E-state index in [1.54, 1.807) is 12.4 Å². The van der Waals surface area contributed by atoms with E-state index in [9.17, 15) is 0 Å². The highest BCUT2D eigenvalue weighted by Crippen LogP contribution is 2.27. The van der Waals surface area contributed by atoms with E-state index in [-0.39, 0.29) is 5.41 Å². The van der Waals surface area contributed by atoms with Crippen molar-refractivity contribution >= 4 is 8.07 Å². The lowest BCUT2D eigenvalue weighted by Crippen LogP contribution is -2.20. The molecule has 0 atom stereocenters. The molecule has 2 aromatic rings. The molecule has 0 N–H and O–H groups in total. The van der Waals surface area contributed by atoms with Crippen LogP contribution in [0, 0.1) is 0 Å². The van der Waals surface area contributed by atoms with Crippen LogP contribution >= 0.6 is 0 Å². The van der Waals surface area contributed by atoms with Gasteiger partial charge in [0.25, 0.3) is 0 Å². The molecule has 0 aliphatic rings. The monoisotopic (exact) mass is 328 g/mol. The first-order chi connectivity index (χ1) is 10.6. The van der Waals surface area contributed by atoms with E-state index in [2.05, 4.69) is 62.5 Å². The highest BCUT2D eigenvalue weighted by Gasteiger charge is 2.17. The van der Waals surface area contributed by atoms with Gasteiger partial charge in [-0.05, 0) is 29.5 Å². The molecule has 1 heterocycles. The van der Waals surface area contributed by atoms with E-state index in [4.69, 9.17) is 4.74 Å². The highest BCUT2D eigenvalue weighted by atomic mass is 28.3. The van der Waals surface area contributed by atoms with Crippen molar-refractivity contribution in [1.29, 1.82) is 0 Å². The Bertz CT molecular complexity index is 640. The Hall–Kier alpha value is -1.68. The molecule has 2 rings (SSSR count). The zero-order valence-electron chi connectivity index (χ0n) is 15.2. The second-order valence-electron chi connectivity index (χ2n) is 8.25. The molecule has 124 valence electrons. The van der Waals surface area contributed by atoms with Crippen LogP contribution in [0.2, 0.25) is 25.7 Å². The standard InChI is InChI=1S/C19H28N2OSi/c1-19(2,3)15-7-9-16(10-8-15)22-18-17(20-12-13-21-18)11-14-23(4,5)6/h7-10,12-13H,11,14H2,1-6H3. The van der Waals surface area contributed by atoms with Gasteiger partial charge in [-0.3, -0.25) is 4.98 Å². The molecule has 0 aliphatic carbocycles. The summed E-state index contributed by atoms with van der Waals surface area (Å²) < 4.78 is 5.98. The van der Waals surface area contributed by atoms with Crippen molar-refractivity contribution in [1.82, 2.24) is 9.97 Å². The number of aromatic nitrogens is 2. The van der Waals surface area contributed by atoms with Gasteiger partial charge in [0.2, 0.25) is 5.88 Å². The minimum atomic E-state index is -1.11. The number of hydrogen-bond acceptors (Lipinski definition) is 3. The molecular weight excluding hydrogens is 300 g/mol. The van der Waals surface area contributed by atoms with Crippen LogP contribution in [0.3, 0.4) is 0 Å². The van der Waals surface area contributed by atoms with Crippen molar-refractivity contribution in [2.75, 3.05) is 0 Å². The topological polar surface area (TPSA) is 35.0 Å². The third-order valence-corrected chi connectivity index (χ3v) is 5.53. The summed E-state index contributed by atoms with van der Waals surface area (Å²) >= 11 is 0. The van der Waals surface area contributed by atoms with E-state index in [1.807, 2.05) is 12.1 Å². The van der Waals surface area contributed by atoms with Gasteiger partial charge in [-0.2, -0.15) is 0 Å². The minimum absolute atomic E-state index is 0.146. The van der Waals surface area contributed by atoms with Crippen LogP contribution in [0.4, 0.5) is 0 Å². The van der Waals surface area contributed by atoms with Crippen molar-refractivity contribution in [2.45, 2.75) is 58.3 Å². The Kier molecular flexibility index (Phi) is 5.25. The summed E-state index contributed by atoms with van der Waals surface area (Å²) in [5, 5.41) is 0. The lowest BCUT2D eigenvalue weighted by molar-refractivity contribution is 0.451. The average molecular weight is 329 g/mol. The van der Waals surface area contributed by atoms with Crippen LogP contribution in [-0.2, 0) is 11.8 Å². The third kappa shape index (κ3) is 5.47. The molecule has 0 amide bonds. The van der Waals surface area contributed by atoms with Crippen LogP contribution in [0.15, 0.2) is 36.7 Å². The van der Waals surface area contributed by atoms with Crippen molar-refractivity contribution in [2.24, 2.45) is 0 Å². The Morgan fingerprint density at radius 2 is 1.57 bits per heavy atom. The maximum Gasteiger partial charge on any atom is 0.241 e. The summed E-state index contributed by atoms with van der Waals surface area (Å²) in [6.07, 6.45) is 4.37. The Morgan fingerprint density at radius 1 is 0.957 bits per heavy atom. The van der Waals surface area contributed by atoms with Gasteiger partial charge in [-0.1, -0.05) is 58.6 Å². The van der Waals surface area contributed by atoms with Gasteiger partial charge in [-0.25, -0.2) is 4.98 Å². The molecule has 1 aromatic carbocycles. The summed E-state index contributed by atoms with van der Waals surface area (Å²) in [6, 6.07) is 9.45. The van der Waals surface area contributed by atoms with Gasteiger partial charge in [0.1, 0.15) is 11.4 Å². The summed E-state index contributed by atoms with van der Waals surface area (Å²) in [5.41, 5.74) is 2.39. The smallest absolute Gasteiger partial charge is 0.241 e. The zero-order chi connectivity index (χ0) is 17.1. The molecule has 0 radical (unpaired) electrons. The van der Waals surface area contributed by atoms with Crippen LogP contribution < -0.4 is 4.74 Å². The van der Waals surface area contributed by atoms with Crippen molar-refractivity contribution in [3.8, 4) is 11.6 Å². The van der Waals surface area contributed by atoms with Gasteiger partial charge in [0, 0.05) is 20.5 Å². The van der Waals surface area contributed by atoms with E-state index in [0.717, 1.165) is 17.9 Å². The lowest BCUT2D eigenvalue weighted by Gasteiger charge is -2.19. The van der Waals surface area contributed by atoms with E-state index in [1.165, 1.54) is 11.6 Å². The van der Waals surface area contributed by atoms with Crippen molar-refractivity contribution < 1.29 is 4.74 Å². The van der Waals surface area contributed by atoms with Gasteiger partial charge in [0.15, 0.2) is 0 Å². The predicted octanol–water partition coefficient (Wildman–Crippen LogP) is 5.45. The second kappa shape index (κ2) is 6.83. The largest absolute Gasteiger partial charge is 0.437 e. The molecule has 0 spiro atoms. The minimum Gasteiger partial charge on any atom is -0.437 e. The maximum atomic E-state index is 5.98. The van der Waals surface area contributed by atoms with E-state index >= 15 is 0 Å². The zero-order valence-corrected chi connectivity index (χ0v) is 16.2. The molecule has 0 fully saturated rings. The fourth-order valence-electron chi connectivity index (χ4n) is 2.24. The number of ether oxygens (including phenoxy) is 1. The molecule has 0 saturated heterocycles. The van der Waals surface area contributed by atoms with E-state index < -0.39 is 8.07 Å². The second-order valence-corrected chi connectivity index (χ2v) is 13.9. The van der Waals surface area contributed by atoms with Gasteiger partial charge >= 0.3 is 0 Å². The fourth-order valence-corrected chi connectivity index (χ4v) is 3.23. The van der Waals surface area contributed by atoms with Crippen LogP contribution in [0.25, 0.3) is 0 Å². The number of benzene rings is 1. The fraction of sp³-hybridized carbons (Fsp3) is 0.474. The van der Waals surface area contributed by atoms with Crippen LogP contribution in [0.1, 0.15) is 32.0 Å². The molecule has 3 nitrogen and oxygen atoms in total. The average Bonchev–Trinajstić information content (AvgIpc) is 2.45. The van der Waals surface area contributed by atoms with Gasteiger partial charge in [-0.15, -0.1) is 0 Å². The molecule has 23 heavy (non-hydrogen) atoms. The first kappa shape index (κ1) is 17.7. The van der Waals surface area contributed by atoms with Crippen molar-refractivity contribution in [3.63, 3.8) is 0 Å². The number of aryl methyl sites for hydroxylation is 1.